The lowest BCUT2D eigenvalue weighted by molar-refractivity contribution is 0.420. The summed E-state index contributed by atoms with van der Waals surface area (Å²) >= 11 is 11.8. The van der Waals surface area contributed by atoms with Gasteiger partial charge in [0, 0.05) is 28.1 Å². The number of nitrogens with two attached hydrogens (primary N) is 1. The van der Waals surface area contributed by atoms with Gasteiger partial charge in [0.05, 0.1) is 0 Å². The van der Waals surface area contributed by atoms with Gasteiger partial charge in [-0.1, -0.05) is 28.4 Å². The molecule has 1 aromatic carbocycles. The van der Waals surface area contributed by atoms with E-state index >= 15 is 0 Å². The molecule has 0 aliphatic rings. The SMILES string of the molecule is CC(N)Cc1noc(-c2cc(Cl)cc(Cl)c2)n1. The van der Waals surface area contributed by atoms with Gasteiger partial charge in [-0.3, -0.25) is 0 Å². The predicted octanol–water partition coefficient (Wildman–Crippen LogP) is 2.93. The molecule has 90 valence electrons. The second-order valence-corrected chi connectivity index (χ2v) is 4.73. The van der Waals surface area contributed by atoms with Gasteiger partial charge in [-0.15, -0.1) is 0 Å². The summed E-state index contributed by atoms with van der Waals surface area (Å²) in [4.78, 5) is 4.23. The number of aromatic nitrogens is 2. The van der Waals surface area contributed by atoms with Crippen LogP contribution < -0.4 is 5.73 Å². The van der Waals surface area contributed by atoms with E-state index in [4.69, 9.17) is 33.5 Å². The summed E-state index contributed by atoms with van der Waals surface area (Å²) in [5, 5.41) is 4.89. The maximum atomic E-state index is 5.90. The van der Waals surface area contributed by atoms with Crippen LogP contribution in [0.4, 0.5) is 0 Å². The minimum atomic E-state index is -0.0107. The first-order chi connectivity index (χ1) is 8.04. The number of hydrogen-bond acceptors (Lipinski definition) is 4. The van der Waals surface area contributed by atoms with E-state index < -0.39 is 0 Å². The summed E-state index contributed by atoms with van der Waals surface area (Å²) < 4.78 is 5.13. The van der Waals surface area contributed by atoms with Crippen molar-refractivity contribution >= 4 is 23.2 Å². The molecule has 6 heteroatoms. The Bertz CT molecular complexity index is 505. The van der Waals surface area contributed by atoms with E-state index in [2.05, 4.69) is 10.1 Å². The largest absolute Gasteiger partial charge is 0.334 e. The van der Waals surface area contributed by atoms with Gasteiger partial charge >= 0.3 is 0 Å². The molecule has 0 aliphatic carbocycles. The van der Waals surface area contributed by atoms with Crippen molar-refractivity contribution in [2.24, 2.45) is 5.73 Å². The number of nitrogens with zero attached hydrogens (tertiary/aromatic N) is 2. The third-order valence-electron chi connectivity index (χ3n) is 2.08. The molecule has 0 bridgehead atoms. The van der Waals surface area contributed by atoms with Crippen LogP contribution in [0.5, 0.6) is 0 Å². The molecule has 0 saturated carbocycles. The molecule has 0 fully saturated rings. The summed E-state index contributed by atoms with van der Waals surface area (Å²) in [6, 6.07) is 5.07. The number of hydrogen-bond donors (Lipinski definition) is 1. The lowest BCUT2D eigenvalue weighted by Crippen LogP contribution is -2.18. The van der Waals surface area contributed by atoms with E-state index in [0.29, 0.717) is 33.7 Å². The van der Waals surface area contributed by atoms with Gasteiger partial charge in [0.15, 0.2) is 5.82 Å². The van der Waals surface area contributed by atoms with Gasteiger partial charge in [-0.05, 0) is 25.1 Å². The quantitative estimate of drug-likeness (QED) is 0.932. The van der Waals surface area contributed by atoms with Crippen molar-refractivity contribution in [3.8, 4) is 11.5 Å². The Morgan fingerprint density at radius 1 is 1.29 bits per heavy atom. The van der Waals surface area contributed by atoms with Crippen molar-refractivity contribution < 1.29 is 4.52 Å². The fraction of sp³-hybridized carbons (Fsp3) is 0.273. The van der Waals surface area contributed by atoms with Crippen LogP contribution in [0.15, 0.2) is 22.7 Å². The molecule has 1 heterocycles. The van der Waals surface area contributed by atoms with Crippen LogP contribution >= 0.6 is 23.2 Å². The number of halogens is 2. The molecule has 0 radical (unpaired) electrons. The smallest absolute Gasteiger partial charge is 0.258 e. The maximum Gasteiger partial charge on any atom is 0.258 e. The monoisotopic (exact) mass is 271 g/mol. The van der Waals surface area contributed by atoms with E-state index in [1.54, 1.807) is 18.2 Å². The molecule has 1 unspecified atom stereocenters. The normalized spacial score (nSPS) is 12.7. The Labute approximate surface area is 109 Å². The molecule has 17 heavy (non-hydrogen) atoms. The predicted molar refractivity (Wildman–Crippen MR) is 67.1 cm³/mol. The Kier molecular flexibility index (Phi) is 3.66. The molecule has 0 saturated heterocycles. The highest BCUT2D eigenvalue weighted by Crippen LogP contribution is 2.26. The molecule has 1 atom stereocenters. The maximum absolute atomic E-state index is 5.90. The molecular formula is C11H11Cl2N3O. The van der Waals surface area contributed by atoms with Crippen LogP contribution in [0.1, 0.15) is 12.7 Å². The topological polar surface area (TPSA) is 64.9 Å². The molecule has 2 rings (SSSR count). The van der Waals surface area contributed by atoms with Crippen LogP contribution in [0, 0.1) is 0 Å². The Hall–Kier alpha value is -1.10. The van der Waals surface area contributed by atoms with Crippen LogP contribution in [0.3, 0.4) is 0 Å². The van der Waals surface area contributed by atoms with Gasteiger partial charge in [0.25, 0.3) is 5.89 Å². The van der Waals surface area contributed by atoms with Crippen molar-refractivity contribution in [2.45, 2.75) is 19.4 Å². The molecular weight excluding hydrogens is 261 g/mol. The van der Waals surface area contributed by atoms with Gasteiger partial charge in [0.2, 0.25) is 0 Å². The van der Waals surface area contributed by atoms with Crippen LogP contribution in [-0.4, -0.2) is 16.2 Å². The molecule has 0 amide bonds. The third kappa shape index (κ3) is 3.19. The van der Waals surface area contributed by atoms with E-state index in [0.717, 1.165) is 0 Å². The van der Waals surface area contributed by atoms with E-state index in [1.807, 2.05) is 6.92 Å². The average Bonchev–Trinajstić information content (AvgIpc) is 2.63. The first kappa shape index (κ1) is 12.4. The molecule has 0 aliphatic heterocycles. The average molecular weight is 272 g/mol. The summed E-state index contributed by atoms with van der Waals surface area (Å²) in [6.07, 6.45) is 0.567. The molecule has 1 aromatic heterocycles. The van der Waals surface area contributed by atoms with E-state index in [9.17, 15) is 0 Å². The summed E-state index contributed by atoms with van der Waals surface area (Å²) in [6.45, 7) is 1.88. The van der Waals surface area contributed by atoms with Gasteiger partial charge in [-0.2, -0.15) is 4.98 Å². The standard InChI is InChI=1S/C11H11Cl2N3O/c1-6(14)2-10-15-11(17-16-10)7-3-8(12)5-9(13)4-7/h3-6H,2,14H2,1H3. The summed E-state index contributed by atoms with van der Waals surface area (Å²) in [5.41, 5.74) is 6.36. The zero-order chi connectivity index (χ0) is 12.4. The fourth-order valence-electron chi connectivity index (χ4n) is 1.42. The van der Waals surface area contributed by atoms with E-state index in [-0.39, 0.29) is 6.04 Å². The van der Waals surface area contributed by atoms with Crippen LogP contribution in [0.2, 0.25) is 10.0 Å². The zero-order valence-electron chi connectivity index (χ0n) is 9.15. The van der Waals surface area contributed by atoms with Crippen molar-refractivity contribution in [3.05, 3.63) is 34.1 Å². The third-order valence-corrected chi connectivity index (χ3v) is 2.52. The highest BCUT2D eigenvalue weighted by atomic mass is 35.5. The second kappa shape index (κ2) is 5.04. The lowest BCUT2D eigenvalue weighted by atomic mass is 10.2. The number of rotatable bonds is 3. The van der Waals surface area contributed by atoms with Gasteiger partial charge < -0.3 is 10.3 Å². The number of benzene rings is 1. The Balaban J connectivity index is 2.30. The molecule has 2 N–H and O–H groups in total. The van der Waals surface area contributed by atoms with Crippen molar-refractivity contribution in [1.82, 2.24) is 10.1 Å². The Morgan fingerprint density at radius 2 is 1.94 bits per heavy atom. The summed E-state index contributed by atoms with van der Waals surface area (Å²) in [7, 11) is 0. The first-order valence-electron chi connectivity index (χ1n) is 5.09. The minimum absolute atomic E-state index is 0.0107. The Morgan fingerprint density at radius 3 is 2.53 bits per heavy atom. The second-order valence-electron chi connectivity index (χ2n) is 3.86. The summed E-state index contributed by atoms with van der Waals surface area (Å²) in [5.74, 6) is 0.969. The minimum Gasteiger partial charge on any atom is -0.334 e. The van der Waals surface area contributed by atoms with Gasteiger partial charge in [0.1, 0.15) is 0 Å². The highest BCUT2D eigenvalue weighted by Gasteiger charge is 2.11. The first-order valence-corrected chi connectivity index (χ1v) is 5.85. The lowest BCUT2D eigenvalue weighted by Gasteiger charge is -1.98. The van der Waals surface area contributed by atoms with Crippen molar-refractivity contribution in [3.63, 3.8) is 0 Å². The molecule has 2 aromatic rings. The van der Waals surface area contributed by atoms with Crippen molar-refractivity contribution in [2.75, 3.05) is 0 Å². The molecule has 4 nitrogen and oxygen atoms in total. The zero-order valence-corrected chi connectivity index (χ0v) is 10.7. The van der Waals surface area contributed by atoms with Crippen LogP contribution in [0.25, 0.3) is 11.5 Å². The van der Waals surface area contributed by atoms with E-state index in [1.165, 1.54) is 0 Å². The van der Waals surface area contributed by atoms with Crippen LogP contribution in [-0.2, 0) is 6.42 Å². The van der Waals surface area contributed by atoms with Crippen molar-refractivity contribution in [1.29, 1.82) is 0 Å². The van der Waals surface area contributed by atoms with Gasteiger partial charge in [-0.25, -0.2) is 0 Å². The highest BCUT2D eigenvalue weighted by molar-refractivity contribution is 6.35. The molecule has 0 spiro atoms. The fourth-order valence-corrected chi connectivity index (χ4v) is 1.95.